The molecule has 1 aliphatic rings. The number of aromatic nitrogens is 3. The summed E-state index contributed by atoms with van der Waals surface area (Å²) in [6.45, 7) is 11.5. The Morgan fingerprint density at radius 3 is 2.47 bits per heavy atom. The molecule has 0 aliphatic carbocycles. The van der Waals surface area contributed by atoms with Crippen LogP contribution in [0.3, 0.4) is 0 Å². The molecule has 2 aromatic heterocycles. The Morgan fingerprint density at radius 1 is 1.09 bits per heavy atom. The van der Waals surface area contributed by atoms with Gasteiger partial charge in [0.1, 0.15) is 24.0 Å². The molecule has 1 aliphatic heterocycles. The molecule has 1 saturated heterocycles. The van der Waals surface area contributed by atoms with Crippen LogP contribution in [-0.2, 0) is 11.4 Å². The maximum Gasteiger partial charge on any atom is 0.246 e. The van der Waals surface area contributed by atoms with E-state index in [1.54, 1.807) is 17.4 Å². The van der Waals surface area contributed by atoms with Gasteiger partial charge in [0.15, 0.2) is 0 Å². The summed E-state index contributed by atoms with van der Waals surface area (Å²) in [6, 6.07) is 9.75. The zero-order chi connectivity index (χ0) is 24.1. The van der Waals surface area contributed by atoms with Crippen molar-refractivity contribution in [2.75, 3.05) is 31.1 Å². The number of hydrogen-bond acceptors (Lipinski definition) is 7. The number of aryl methyl sites for hydroxylation is 2. The lowest BCUT2D eigenvalue weighted by molar-refractivity contribution is -0.126. The fraction of sp³-hybridized carbons (Fsp3) is 0.385. The first kappa shape index (κ1) is 23.9. The largest absolute Gasteiger partial charge is 0.487 e. The molecule has 0 bridgehead atoms. The maximum absolute atomic E-state index is 12.7. The third-order valence-electron chi connectivity index (χ3n) is 5.64. The van der Waals surface area contributed by atoms with Gasteiger partial charge in [-0.15, -0.1) is 11.3 Å². The average molecular weight is 478 g/mol. The number of anilines is 1. The Kier molecular flexibility index (Phi) is 7.57. The van der Waals surface area contributed by atoms with E-state index in [9.17, 15) is 4.79 Å². The van der Waals surface area contributed by atoms with Crippen LogP contribution in [0.2, 0.25) is 0 Å². The lowest BCUT2D eigenvalue weighted by Gasteiger charge is -2.35. The highest BCUT2D eigenvalue weighted by molar-refractivity contribution is 7.09. The van der Waals surface area contributed by atoms with Gasteiger partial charge < -0.3 is 14.5 Å². The number of carbonyl (C=O) groups excluding carboxylic acids is 1. The number of piperazine rings is 1. The predicted octanol–water partition coefficient (Wildman–Crippen LogP) is 4.61. The van der Waals surface area contributed by atoms with Crippen molar-refractivity contribution in [1.82, 2.24) is 19.9 Å². The van der Waals surface area contributed by atoms with E-state index in [0.29, 0.717) is 19.7 Å². The standard InChI is InChI=1S/C26H31N5O2S/c1-18(2)26-27-19(3)15-24(29-26)30-11-13-31(14-12-30)25(32)10-7-21-5-8-23(9-6-21)33-16-22-17-34-20(4)28-22/h5-10,15,17-18H,11-14,16H2,1-4H3/b10-7+. The summed E-state index contributed by atoms with van der Waals surface area (Å²) < 4.78 is 5.79. The van der Waals surface area contributed by atoms with Gasteiger partial charge in [0.2, 0.25) is 5.91 Å². The molecule has 4 rings (SSSR count). The van der Waals surface area contributed by atoms with E-state index in [4.69, 9.17) is 9.72 Å². The summed E-state index contributed by atoms with van der Waals surface area (Å²) in [6.07, 6.45) is 3.50. The maximum atomic E-state index is 12.7. The van der Waals surface area contributed by atoms with E-state index < -0.39 is 0 Å². The third-order valence-corrected chi connectivity index (χ3v) is 6.46. The number of hydrogen-bond donors (Lipinski definition) is 0. The first-order chi connectivity index (χ1) is 16.4. The van der Waals surface area contributed by atoms with Crippen LogP contribution in [0.5, 0.6) is 5.75 Å². The van der Waals surface area contributed by atoms with Crippen molar-refractivity contribution in [1.29, 1.82) is 0 Å². The highest BCUT2D eigenvalue weighted by Crippen LogP contribution is 2.19. The van der Waals surface area contributed by atoms with Gasteiger partial charge in [0.25, 0.3) is 0 Å². The molecule has 178 valence electrons. The molecular formula is C26H31N5O2S. The van der Waals surface area contributed by atoms with Crippen LogP contribution < -0.4 is 9.64 Å². The SMILES string of the molecule is Cc1cc(N2CCN(C(=O)/C=C/c3ccc(OCc4csc(C)n4)cc3)CC2)nc(C(C)C)n1. The van der Waals surface area contributed by atoms with Gasteiger partial charge in [0.05, 0.1) is 10.7 Å². The van der Waals surface area contributed by atoms with Crippen molar-refractivity contribution >= 4 is 29.1 Å². The summed E-state index contributed by atoms with van der Waals surface area (Å²) in [5, 5.41) is 3.05. The van der Waals surface area contributed by atoms with Gasteiger partial charge in [-0.25, -0.2) is 15.0 Å². The van der Waals surface area contributed by atoms with Gasteiger partial charge in [0, 0.05) is 55.3 Å². The van der Waals surface area contributed by atoms with E-state index in [1.807, 2.05) is 60.5 Å². The molecule has 0 N–H and O–H groups in total. The minimum atomic E-state index is 0.0283. The second kappa shape index (κ2) is 10.8. The second-order valence-corrected chi connectivity index (χ2v) is 9.80. The fourth-order valence-corrected chi connectivity index (χ4v) is 4.33. The molecule has 0 atom stereocenters. The number of amides is 1. The van der Waals surface area contributed by atoms with E-state index >= 15 is 0 Å². The normalized spacial score (nSPS) is 14.3. The number of carbonyl (C=O) groups is 1. The molecule has 3 aromatic rings. The van der Waals surface area contributed by atoms with Crippen molar-refractivity contribution in [2.24, 2.45) is 0 Å². The van der Waals surface area contributed by atoms with Crippen LogP contribution in [0.4, 0.5) is 5.82 Å². The van der Waals surface area contributed by atoms with Gasteiger partial charge in [-0.3, -0.25) is 4.79 Å². The van der Waals surface area contributed by atoms with Gasteiger partial charge in [-0.2, -0.15) is 0 Å². The molecule has 34 heavy (non-hydrogen) atoms. The van der Waals surface area contributed by atoms with Gasteiger partial charge in [-0.1, -0.05) is 26.0 Å². The number of rotatable bonds is 7. The van der Waals surface area contributed by atoms with E-state index in [1.165, 1.54) is 0 Å². The molecule has 8 heteroatoms. The predicted molar refractivity (Wildman–Crippen MR) is 136 cm³/mol. The van der Waals surface area contributed by atoms with Crippen LogP contribution in [0.1, 0.15) is 47.5 Å². The molecular weight excluding hydrogens is 446 g/mol. The highest BCUT2D eigenvalue weighted by atomic mass is 32.1. The molecule has 3 heterocycles. The minimum absolute atomic E-state index is 0.0283. The van der Waals surface area contributed by atoms with E-state index in [0.717, 1.165) is 52.4 Å². The molecule has 1 amide bonds. The van der Waals surface area contributed by atoms with Gasteiger partial charge in [-0.05, 0) is 37.6 Å². The number of ether oxygens (including phenoxy) is 1. The lowest BCUT2D eigenvalue weighted by Crippen LogP contribution is -2.48. The van der Waals surface area contributed by atoms with Crippen molar-refractivity contribution < 1.29 is 9.53 Å². The average Bonchev–Trinajstić information content (AvgIpc) is 3.26. The van der Waals surface area contributed by atoms with Crippen molar-refractivity contribution in [3.63, 3.8) is 0 Å². The first-order valence-electron chi connectivity index (χ1n) is 11.6. The fourth-order valence-electron chi connectivity index (χ4n) is 3.73. The molecule has 0 saturated carbocycles. The van der Waals surface area contributed by atoms with E-state index in [2.05, 4.69) is 28.7 Å². The third kappa shape index (κ3) is 6.20. The van der Waals surface area contributed by atoms with Crippen LogP contribution in [0.15, 0.2) is 41.8 Å². The van der Waals surface area contributed by atoms with Crippen LogP contribution >= 0.6 is 11.3 Å². The Morgan fingerprint density at radius 2 is 1.82 bits per heavy atom. The minimum Gasteiger partial charge on any atom is -0.487 e. The number of benzene rings is 1. The Bertz CT molecular complexity index is 1150. The van der Waals surface area contributed by atoms with Crippen molar-refractivity contribution in [3.8, 4) is 5.75 Å². The Hall–Kier alpha value is -3.26. The Labute approximate surface area is 205 Å². The lowest BCUT2D eigenvalue weighted by atomic mass is 10.2. The molecule has 7 nitrogen and oxygen atoms in total. The molecule has 1 fully saturated rings. The number of thiazole rings is 1. The summed E-state index contributed by atoms with van der Waals surface area (Å²) >= 11 is 1.62. The summed E-state index contributed by atoms with van der Waals surface area (Å²) in [5.74, 6) is 2.91. The van der Waals surface area contributed by atoms with Crippen molar-refractivity contribution in [3.05, 3.63) is 69.6 Å². The Balaban J connectivity index is 1.28. The summed E-state index contributed by atoms with van der Waals surface area (Å²) in [4.78, 5) is 30.5. The summed E-state index contributed by atoms with van der Waals surface area (Å²) in [5.41, 5.74) is 2.87. The van der Waals surface area contributed by atoms with Crippen LogP contribution in [0.25, 0.3) is 6.08 Å². The number of nitrogens with zero attached hydrogens (tertiary/aromatic N) is 5. The first-order valence-corrected chi connectivity index (χ1v) is 12.5. The molecule has 0 unspecified atom stereocenters. The summed E-state index contributed by atoms with van der Waals surface area (Å²) in [7, 11) is 0. The van der Waals surface area contributed by atoms with Gasteiger partial charge >= 0.3 is 0 Å². The highest BCUT2D eigenvalue weighted by Gasteiger charge is 2.21. The van der Waals surface area contributed by atoms with Crippen molar-refractivity contribution in [2.45, 2.75) is 40.2 Å². The molecule has 0 radical (unpaired) electrons. The smallest absolute Gasteiger partial charge is 0.246 e. The second-order valence-electron chi connectivity index (χ2n) is 8.74. The van der Waals surface area contributed by atoms with Crippen LogP contribution in [0, 0.1) is 13.8 Å². The van der Waals surface area contributed by atoms with E-state index in [-0.39, 0.29) is 11.8 Å². The van der Waals surface area contributed by atoms with Crippen LogP contribution in [-0.4, -0.2) is 51.9 Å². The molecule has 0 spiro atoms. The molecule has 1 aromatic carbocycles. The zero-order valence-electron chi connectivity index (χ0n) is 20.2. The zero-order valence-corrected chi connectivity index (χ0v) is 21.0. The quantitative estimate of drug-likeness (QED) is 0.463. The topological polar surface area (TPSA) is 71.5 Å². The monoisotopic (exact) mass is 477 g/mol.